The Kier molecular flexibility index (Phi) is 7.48. The van der Waals surface area contributed by atoms with E-state index in [1.54, 1.807) is 30.3 Å². The van der Waals surface area contributed by atoms with Gasteiger partial charge in [0.25, 0.3) is 11.1 Å². The van der Waals surface area contributed by atoms with Crippen LogP contribution in [0.3, 0.4) is 0 Å². The molecule has 2 amide bonds. The summed E-state index contributed by atoms with van der Waals surface area (Å²) < 4.78 is 26.1. The SMILES string of the molecule is COc1cc(/C=C2/SC(=O)N(Cc3cccc4ccccc34)C2=O)cc(I)c1OCc1ccccc1F. The van der Waals surface area contributed by atoms with Gasteiger partial charge in [-0.05, 0) is 80.5 Å². The van der Waals surface area contributed by atoms with Gasteiger partial charge in [0, 0.05) is 5.56 Å². The van der Waals surface area contributed by atoms with Crippen molar-refractivity contribution < 1.29 is 23.5 Å². The van der Waals surface area contributed by atoms with E-state index in [1.807, 2.05) is 48.5 Å². The lowest BCUT2D eigenvalue weighted by atomic mass is 10.0. The maximum Gasteiger partial charge on any atom is 0.293 e. The average Bonchev–Trinajstić information content (AvgIpc) is 3.16. The fraction of sp³-hybridized carbons (Fsp3) is 0.103. The van der Waals surface area contributed by atoms with Crippen molar-refractivity contribution in [3.63, 3.8) is 0 Å². The number of benzene rings is 4. The first-order chi connectivity index (χ1) is 17.9. The van der Waals surface area contributed by atoms with Crippen LogP contribution in [-0.2, 0) is 17.9 Å². The molecule has 1 fully saturated rings. The molecule has 186 valence electrons. The van der Waals surface area contributed by atoms with Crippen molar-refractivity contribution in [2.45, 2.75) is 13.2 Å². The highest BCUT2D eigenvalue weighted by Crippen LogP contribution is 2.38. The molecule has 0 radical (unpaired) electrons. The number of carbonyl (C=O) groups is 2. The zero-order valence-corrected chi connectivity index (χ0v) is 22.7. The zero-order valence-electron chi connectivity index (χ0n) is 19.7. The molecule has 1 aliphatic heterocycles. The third kappa shape index (κ3) is 5.35. The molecule has 37 heavy (non-hydrogen) atoms. The van der Waals surface area contributed by atoms with Crippen LogP contribution in [0.5, 0.6) is 11.5 Å². The van der Waals surface area contributed by atoms with Gasteiger partial charge in [-0.2, -0.15) is 0 Å². The lowest BCUT2D eigenvalue weighted by molar-refractivity contribution is -0.123. The Balaban J connectivity index is 1.37. The molecule has 1 aliphatic rings. The molecule has 0 atom stereocenters. The second-order valence-corrected chi connectivity index (χ2v) is 10.5. The molecule has 4 aromatic carbocycles. The summed E-state index contributed by atoms with van der Waals surface area (Å²) in [5, 5.41) is 1.76. The van der Waals surface area contributed by atoms with E-state index in [1.165, 1.54) is 18.1 Å². The van der Waals surface area contributed by atoms with Gasteiger partial charge in [-0.1, -0.05) is 60.7 Å². The summed E-state index contributed by atoms with van der Waals surface area (Å²) in [4.78, 5) is 27.6. The topological polar surface area (TPSA) is 55.8 Å². The molecule has 0 unspecified atom stereocenters. The number of carbonyl (C=O) groups excluding carboxylic acids is 2. The van der Waals surface area contributed by atoms with Crippen LogP contribution >= 0.6 is 34.4 Å². The summed E-state index contributed by atoms with van der Waals surface area (Å²) in [6.45, 7) is 0.248. The molecule has 1 heterocycles. The second-order valence-electron chi connectivity index (χ2n) is 8.32. The van der Waals surface area contributed by atoms with Crippen LogP contribution in [0.25, 0.3) is 16.8 Å². The van der Waals surface area contributed by atoms with Gasteiger partial charge in [-0.3, -0.25) is 14.5 Å². The molecule has 8 heteroatoms. The number of nitrogens with zero attached hydrogens (tertiary/aromatic N) is 1. The summed E-state index contributed by atoms with van der Waals surface area (Å²) in [5.41, 5.74) is 2.04. The smallest absolute Gasteiger partial charge is 0.293 e. The van der Waals surface area contributed by atoms with Crippen molar-refractivity contribution in [3.8, 4) is 11.5 Å². The summed E-state index contributed by atoms with van der Waals surface area (Å²) in [6, 6.07) is 23.8. The molecule has 4 aromatic rings. The minimum Gasteiger partial charge on any atom is -0.493 e. The maximum absolute atomic E-state index is 14.0. The highest BCUT2D eigenvalue weighted by molar-refractivity contribution is 14.1. The summed E-state index contributed by atoms with van der Waals surface area (Å²) in [6.07, 6.45) is 1.68. The van der Waals surface area contributed by atoms with Crippen LogP contribution in [0.2, 0.25) is 0 Å². The van der Waals surface area contributed by atoms with Crippen LogP contribution in [0.4, 0.5) is 9.18 Å². The lowest BCUT2D eigenvalue weighted by Crippen LogP contribution is -2.27. The number of hydrogen-bond donors (Lipinski definition) is 0. The van der Waals surface area contributed by atoms with Crippen molar-refractivity contribution >= 4 is 62.3 Å². The molecule has 0 aromatic heterocycles. The Labute approximate surface area is 231 Å². The Morgan fingerprint density at radius 1 is 0.973 bits per heavy atom. The van der Waals surface area contributed by atoms with Crippen LogP contribution < -0.4 is 9.47 Å². The molecule has 5 rings (SSSR count). The standard InChI is InChI=1S/C29H21FINO4S/c1-35-25-14-18(13-24(31)27(25)36-17-21-8-3-5-12-23(21)30)15-26-28(33)32(29(34)37-26)16-20-10-6-9-19-7-2-4-11-22(19)20/h2-15H,16-17H2,1H3/b26-15+. The minimum atomic E-state index is -0.340. The zero-order chi connectivity index (χ0) is 25.9. The molecule has 0 spiro atoms. The second kappa shape index (κ2) is 10.9. The number of thioether (sulfide) groups is 1. The van der Waals surface area contributed by atoms with E-state index >= 15 is 0 Å². The number of methoxy groups -OCH3 is 1. The van der Waals surface area contributed by atoms with Crippen LogP contribution in [0, 0.1) is 9.39 Å². The normalized spacial score (nSPS) is 14.6. The molecule has 0 N–H and O–H groups in total. The first-order valence-corrected chi connectivity index (χ1v) is 13.3. The molecule has 5 nitrogen and oxygen atoms in total. The number of fused-ring (bicyclic) bond motifs is 1. The van der Waals surface area contributed by atoms with Gasteiger partial charge < -0.3 is 9.47 Å². The minimum absolute atomic E-state index is 0.0471. The Bertz CT molecular complexity index is 1550. The number of amides is 2. The third-order valence-electron chi connectivity index (χ3n) is 5.96. The van der Waals surface area contributed by atoms with Gasteiger partial charge in [-0.25, -0.2) is 4.39 Å². The number of imide groups is 1. The van der Waals surface area contributed by atoms with Gasteiger partial charge in [0.1, 0.15) is 12.4 Å². The van der Waals surface area contributed by atoms with E-state index in [-0.39, 0.29) is 30.1 Å². The van der Waals surface area contributed by atoms with E-state index in [0.717, 1.165) is 31.7 Å². The first kappa shape index (κ1) is 25.3. The van der Waals surface area contributed by atoms with Crippen molar-refractivity contribution in [3.05, 3.63) is 110 Å². The summed E-state index contributed by atoms with van der Waals surface area (Å²) in [7, 11) is 1.52. The van der Waals surface area contributed by atoms with Gasteiger partial charge in [0.2, 0.25) is 0 Å². The number of ether oxygens (including phenoxy) is 2. The predicted octanol–water partition coefficient (Wildman–Crippen LogP) is 7.41. The molecular formula is C29H21FINO4S. The summed E-state index contributed by atoms with van der Waals surface area (Å²) >= 11 is 3.03. The molecule has 1 saturated heterocycles. The van der Waals surface area contributed by atoms with Crippen LogP contribution in [0.1, 0.15) is 16.7 Å². The van der Waals surface area contributed by atoms with E-state index in [9.17, 15) is 14.0 Å². The number of hydrogen-bond acceptors (Lipinski definition) is 5. The predicted molar refractivity (Wildman–Crippen MR) is 152 cm³/mol. The number of halogens is 2. The Morgan fingerprint density at radius 2 is 1.70 bits per heavy atom. The third-order valence-corrected chi connectivity index (χ3v) is 7.67. The van der Waals surface area contributed by atoms with Gasteiger partial charge in [0.15, 0.2) is 11.5 Å². The molecule has 0 aliphatic carbocycles. The fourth-order valence-corrected chi connectivity index (χ4v) is 5.74. The van der Waals surface area contributed by atoms with Gasteiger partial charge in [0.05, 0.1) is 22.1 Å². The molecule has 0 bridgehead atoms. The van der Waals surface area contributed by atoms with E-state index in [0.29, 0.717) is 27.5 Å². The maximum atomic E-state index is 14.0. The monoisotopic (exact) mass is 625 g/mol. The van der Waals surface area contributed by atoms with Crippen molar-refractivity contribution in [1.29, 1.82) is 0 Å². The van der Waals surface area contributed by atoms with Crippen molar-refractivity contribution in [2.75, 3.05) is 7.11 Å². The largest absolute Gasteiger partial charge is 0.493 e. The van der Waals surface area contributed by atoms with Crippen LogP contribution in [-0.4, -0.2) is 23.2 Å². The van der Waals surface area contributed by atoms with Gasteiger partial charge in [-0.15, -0.1) is 0 Å². The molecule has 0 saturated carbocycles. The van der Waals surface area contributed by atoms with Gasteiger partial charge >= 0.3 is 0 Å². The van der Waals surface area contributed by atoms with Crippen molar-refractivity contribution in [1.82, 2.24) is 4.90 Å². The first-order valence-electron chi connectivity index (χ1n) is 11.4. The van der Waals surface area contributed by atoms with Crippen LogP contribution in [0.15, 0.2) is 83.8 Å². The Hall–Kier alpha value is -3.37. The molecular weight excluding hydrogens is 604 g/mol. The highest BCUT2D eigenvalue weighted by Gasteiger charge is 2.35. The quantitative estimate of drug-likeness (QED) is 0.158. The van der Waals surface area contributed by atoms with E-state index in [2.05, 4.69) is 22.6 Å². The lowest BCUT2D eigenvalue weighted by Gasteiger charge is -2.15. The van der Waals surface area contributed by atoms with E-state index < -0.39 is 0 Å². The van der Waals surface area contributed by atoms with Crippen molar-refractivity contribution in [2.24, 2.45) is 0 Å². The highest BCUT2D eigenvalue weighted by atomic mass is 127. The average molecular weight is 625 g/mol. The Morgan fingerprint density at radius 3 is 2.51 bits per heavy atom. The summed E-state index contributed by atoms with van der Waals surface area (Å²) in [5.74, 6) is 0.251. The number of rotatable bonds is 7. The van der Waals surface area contributed by atoms with E-state index in [4.69, 9.17) is 9.47 Å². The fourth-order valence-electron chi connectivity index (χ4n) is 4.12.